The van der Waals surface area contributed by atoms with Gasteiger partial charge in [-0.3, -0.25) is 4.99 Å². The standard InChI is InChI=1S/C22H38N2O3Si/c1-4-25-28(26-5-2,27-6-3)19-13-18-23-22(20-14-9-7-10-15-20)24-21-16-11-8-12-17-21/h7,9-10,14-15,21H,4-6,8,11-13,16-19H2,1-3H3,(H,23,24). The average Bonchev–Trinajstić information content (AvgIpc) is 2.72. The zero-order chi connectivity index (χ0) is 20.1. The summed E-state index contributed by atoms with van der Waals surface area (Å²) in [6.45, 7) is 8.60. The van der Waals surface area contributed by atoms with Crippen LogP contribution in [-0.2, 0) is 13.3 Å². The molecule has 0 bridgehead atoms. The monoisotopic (exact) mass is 406 g/mol. The van der Waals surface area contributed by atoms with Crippen LogP contribution >= 0.6 is 0 Å². The zero-order valence-electron chi connectivity index (χ0n) is 17.9. The van der Waals surface area contributed by atoms with Crippen LogP contribution in [0.3, 0.4) is 0 Å². The average molecular weight is 407 g/mol. The zero-order valence-corrected chi connectivity index (χ0v) is 18.9. The summed E-state index contributed by atoms with van der Waals surface area (Å²) in [4.78, 5) is 4.93. The molecular formula is C22H38N2O3Si. The molecule has 1 saturated carbocycles. The van der Waals surface area contributed by atoms with Crippen LogP contribution in [0, 0.1) is 0 Å². The molecule has 0 saturated heterocycles. The van der Waals surface area contributed by atoms with Crippen molar-refractivity contribution in [2.24, 2.45) is 4.99 Å². The summed E-state index contributed by atoms with van der Waals surface area (Å²) in [6.07, 6.45) is 7.35. The fourth-order valence-electron chi connectivity index (χ4n) is 3.74. The number of aliphatic imine (C=N–C) groups is 1. The van der Waals surface area contributed by atoms with Crippen molar-refractivity contribution in [1.82, 2.24) is 5.32 Å². The number of hydrogen-bond acceptors (Lipinski definition) is 4. The van der Waals surface area contributed by atoms with Crippen molar-refractivity contribution in [3.05, 3.63) is 35.9 Å². The van der Waals surface area contributed by atoms with Crippen molar-refractivity contribution >= 4 is 14.6 Å². The highest BCUT2D eigenvalue weighted by Crippen LogP contribution is 2.20. The molecule has 28 heavy (non-hydrogen) atoms. The summed E-state index contributed by atoms with van der Waals surface area (Å²) in [5.74, 6) is 1.02. The second-order valence-electron chi connectivity index (χ2n) is 7.16. The van der Waals surface area contributed by atoms with E-state index in [-0.39, 0.29) is 0 Å². The largest absolute Gasteiger partial charge is 0.500 e. The van der Waals surface area contributed by atoms with E-state index >= 15 is 0 Å². The molecule has 0 heterocycles. The van der Waals surface area contributed by atoms with Gasteiger partial charge in [-0.2, -0.15) is 0 Å². The van der Waals surface area contributed by atoms with E-state index in [1.54, 1.807) is 0 Å². The molecule has 0 amide bonds. The molecule has 0 spiro atoms. The summed E-state index contributed by atoms with van der Waals surface area (Å²) in [5.41, 5.74) is 1.16. The lowest BCUT2D eigenvalue weighted by Crippen LogP contribution is -2.46. The maximum absolute atomic E-state index is 5.95. The van der Waals surface area contributed by atoms with Crippen LogP contribution in [-0.4, -0.2) is 47.0 Å². The smallest absolute Gasteiger partial charge is 0.374 e. The Balaban J connectivity index is 2.00. The Kier molecular flexibility index (Phi) is 10.8. The molecule has 0 radical (unpaired) electrons. The number of hydrogen-bond donors (Lipinski definition) is 1. The molecule has 158 valence electrons. The van der Waals surface area contributed by atoms with Crippen molar-refractivity contribution in [3.63, 3.8) is 0 Å². The first kappa shape index (κ1) is 23.1. The molecule has 6 heteroatoms. The molecule has 0 atom stereocenters. The van der Waals surface area contributed by atoms with E-state index in [0.29, 0.717) is 25.9 Å². The summed E-state index contributed by atoms with van der Waals surface area (Å²) in [6, 6.07) is 11.8. The quantitative estimate of drug-likeness (QED) is 0.235. The molecule has 1 fully saturated rings. The summed E-state index contributed by atoms with van der Waals surface area (Å²) >= 11 is 0. The van der Waals surface area contributed by atoms with Crippen LogP contribution in [0.2, 0.25) is 6.04 Å². The maximum atomic E-state index is 5.95. The Bertz CT molecular complexity index is 545. The number of amidine groups is 1. The minimum Gasteiger partial charge on any atom is -0.374 e. The lowest BCUT2D eigenvalue weighted by molar-refractivity contribution is 0.0710. The van der Waals surface area contributed by atoms with Gasteiger partial charge in [0.05, 0.1) is 0 Å². The van der Waals surface area contributed by atoms with Gasteiger partial charge in [0.2, 0.25) is 0 Å². The van der Waals surface area contributed by atoms with Crippen LogP contribution in [0.15, 0.2) is 35.3 Å². The molecular weight excluding hydrogens is 368 g/mol. The molecule has 1 aliphatic carbocycles. The fourth-order valence-corrected chi connectivity index (χ4v) is 6.34. The van der Waals surface area contributed by atoms with E-state index in [1.165, 1.54) is 32.1 Å². The predicted molar refractivity (Wildman–Crippen MR) is 118 cm³/mol. The van der Waals surface area contributed by atoms with Gasteiger partial charge in [0.15, 0.2) is 0 Å². The molecule has 5 nitrogen and oxygen atoms in total. The highest BCUT2D eigenvalue weighted by molar-refractivity contribution is 6.60. The molecule has 1 aliphatic rings. The minimum absolute atomic E-state index is 0.538. The van der Waals surface area contributed by atoms with Gasteiger partial charge in [-0.15, -0.1) is 0 Å². The maximum Gasteiger partial charge on any atom is 0.500 e. The van der Waals surface area contributed by atoms with Crippen molar-refractivity contribution in [2.45, 2.75) is 71.4 Å². The van der Waals surface area contributed by atoms with Crippen molar-refractivity contribution < 1.29 is 13.3 Å². The minimum atomic E-state index is -2.58. The third-order valence-electron chi connectivity index (χ3n) is 5.00. The number of nitrogens with one attached hydrogen (secondary N) is 1. The fraction of sp³-hybridized carbons (Fsp3) is 0.682. The number of rotatable bonds is 12. The van der Waals surface area contributed by atoms with Gasteiger partial charge in [-0.1, -0.05) is 49.6 Å². The summed E-state index contributed by atoms with van der Waals surface area (Å²) in [5, 5.41) is 3.71. The first-order chi connectivity index (χ1) is 13.7. The third-order valence-corrected chi connectivity index (χ3v) is 8.15. The van der Waals surface area contributed by atoms with Crippen LogP contribution in [0.5, 0.6) is 0 Å². The van der Waals surface area contributed by atoms with E-state index in [4.69, 9.17) is 18.3 Å². The first-order valence-electron chi connectivity index (χ1n) is 11.0. The summed E-state index contributed by atoms with van der Waals surface area (Å²) in [7, 11) is -2.58. The Morgan fingerprint density at radius 3 is 2.14 bits per heavy atom. The molecule has 1 aromatic rings. The van der Waals surface area contributed by atoms with Crippen molar-refractivity contribution in [2.75, 3.05) is 26.4 Å². The lowest BCUT2D eigenvalue weighted by atomic mass is 9.95. The predicted octanol–water partition coefficient (Wildman–Crippen LogP) is 4.79. The molecule has 0 unspecified atom stereocenters. The third kappa shape index (κ3) is 7.66. The van der Waals surface area contributed by atoms with Gasteiger partial charge in [0.1, 0.15) is 5.84 Å². The highest BCUT2D eigenvalue weighted by Gasteiger charge is 2.39. The Labute approximate surface area is 172 Å². The van der Waals surface area contributed by atoms with E-state index in [1.807, 2.05) is 26.8 Å². The summed E-state index contributed by atoms with van der Waals surface area (Å²) < 4.78 is 17.9. The molecule has 1 N–H and O–H groups in total. The number of benzene rings is 1. The number of nitrogens with zero attached hydrogens (tertiary/aromatic N) is 1. The topological polar surface area (TPSA) is 52.1 Å². The molecule has 1 aromatic carbocycles. The van der Waals surface area contributed by atoms with Gasteiger partial charge < -0.3 is 18.6 Å². The normalized spacial score (nSPS) is 16.3. The molecule has 0 aromatic heterocycles. The van der Waals surface area contributed by atoms with E-state index in [9.17, 15) is 0 Å². The second-order valence-corrected chi connectivity index (χ2v) is 9.89. The Morgan fingerprint density at radius 1 is 0.964 bits per heavy atom. The van der Waals surface area contributed by atoms with Crippen LogP contribution in [0.4, 0.5) is 0 Å². The highest BCUT2D eigenvalue weighted by atomic mass is 28.4. The Morgan fingerprint density at radius 2 is 1.57 bits per heavy atom. The van der Waals surface area contributed by atoms with E-state index < -0.39 is 8.80 Å². The molecule has 0 aliphatic heterocycles. The SMILES string of the molecule is CCO[Si](CCCN=C(NC1CCCCC1)c1ccccc1)(OCC)OCC. The van der Waals surface area contributed by atoms with Crippen molar-refractivity contribution in [1.29, 1.82) is 0 Å². The van der Waals surface area contributed by atoms with Crippen LogP contribution in [0.25, 0.3) is 0 Å². The van der Waals surface area contributed by atoms with Gasteiger partial charge >= 0.3 is 8.80 Å². The lowest BCUT2D eigenvalue weighted by Gasteiger charge is -2.28. The van der Waals surface area contributed by atoms with Crippen molar-refractivity contribution in [3.8, 4) is 0 Å². The van der Waals surface area contributed by atoms with E-state index in [2.05, 4.69) is 29.6 Å². The second kappa shape index (κ2) is 13.1. The van der Waals surface area contributed by atoms with Crippen LogP contribution in [0.1, 0.15) is 64.9 Å². The molecule has 2 rings (SSSR count). The Hall–Kier alpha value is -1.21. The first-order valence-corrected chi connectivity index (χ1v) is 12.9. The van der Waals surface area contributed by atoms with Gasteiger partial charge in [-0.25, -0.2) is 0 Å². The van der Waals surface area contributed by atoms with Gasteiger partial charge in [-0.05, 0) is 40.0 Å². The van der Waals surface area contributed by atoms with Gasteiger partial charge in [0.25, 0.3) is 0 Å². The van der Waals surface area contributed by atoms with Crippen LogP contribution < -0.4 is 5.32 Å². The van der Waals surface area contributed by atoms with E-state index in [0.717, 1.165) is 30.4 Å². The van der Waals surface area contributed by atoms with Gasteiger partial charge in [0, 0.05) is 44.0 Å².